The molecule has 4 heteroatoms. The lowest BCUT2D eigenvalue weighted by molar-refractivity contribution is 0.171. The number of aryl methyl sites for hydroxylation is 2. The zero-order valence-corrected chi connectivity index (χ0v) is 10.0. The third kappa shape index (κ3) is 4.95. The molecule has 1 aliphatic heterocycles. The number of hydrogen-bond donors (Lipinski definition) is 1. The number of piperidine rings is 1. The van der Waals surface area contributed by atoms with Crippen LogP contribution in [0.2, 0.25) is 0 Å². The van der Waals surface area contributed by atoms with Crippen LogP contribution in [-0.2, 0) is 7.05 Å². The van der Waals surface area contributed by atoms with Gasteiger partial charge in [0, 0.05) is 26.3 Å². The Hall–Kier alpha value is -0.870. The quantitative estimate of drug-likeness (QED) is 0.759. The summed E-state index contributed by atoms with van der Waals surface area (Å²) < 4.78 is 1.93. The second-order valence-corrected chi connectivity index (χ2v) is 3.95. The van der Waals surface area contributed by atoms with Gasteiger partial charge in [-0.15, -0.1) is 0 Å². The molecule has 2 rings (SSSR count). The van der Waals surface area contributed by atoms with Crippen LogP contribution in [0.4, 0.5) is 0 Å². The molecule has 1 fully saturated rings. The van der Waals surface area contributed by atoms with Crippen LogP contribution >= 0.6 is 0 Å². The molecule has 0 atom stereocenters. The molecule has 0 saturated carbocycles. The average Bonchev–Trinajstić information content (AvgIpc) is 2.65. The van der Waals surface area contributed by atoms with Gasteiger partial charge in [-0.05, 0) is 26.8 Å². The van der Waals surface area contributed by atoms with E-state index in [1.165, 1.54) is 32.4 Å². The summed E-state index contributed by atoms with van der Waals surface area (Å²) in [4.78, 5) is 3.98. The normalized spacial score (nSPS) is 17.0. The number of aromatic nitrogens is 2. The van der Waals surface area contributed by atoms with Crippen LogP contribution in [0.3, 0.4) is 0 Å². The molecule has 86 valence electrons. The van der Waals surface area contributed by atoms with Gasteiger partial charge in [-0.2, -0.15) is 0 Å². The van der Waals surface area contributed by atoms with Gasteiger partial charge in [-0.25, -0.2) is 9.99 Å². The van der Waals surface area contributed by atoms with Crippen molar-refractivity contribution < 1.29 is 0 Å². The van der Waals surface area contributed by atoms with Gasteiger partial charge in [-0.3, -0.25) is 5.43 Å². The monoisotopic (exact) mass is 210 g/mol. The van der Waals surface area contributed by atoms with Crippen LogP contribution in [0.5, 0.6) is 0 Å². The summed E-state index contributed by atoms with van der Waals surface area (Å²) in [5.41, 5.74) is 4.21. The Bertz CT molecular complexity index is 247. The van der Waals surface area contributed by atoms with Gasteiger partial charge < -0.3 is 4.57 Å². The van der Waals surface area contributed by atoms with Crippen molar-refractivity contribution in [1.82, 2.24) is 20.0 Å². The van der Waals surface area contributed by atoms with Gasteiger partial charge in [0.05, 0.1) is 12.0 Å². The first-order valence-electron chi connectivity index (χ1n) is 5.59. The second-order valence-electron chi connectivity index (χ2n) is 3.95. The maximum Gasteiger partial charge on any atom is 0.0946 e. The zero-order valence-electron chi connectivity index (χ0n) is 10.0. The lowest BCUT2D eigenvalue weighted by atomic mass is 10.2. The van der Waals surface area contributed by atoms with Crippen molar-refractivity contribution in [3.63, 3.8) is 0 Å². The molecule has 0 unspecified atom stereocenters. The fraction of sp³-hybridized carbons (Fsp3) is 0.727. The molecule has 1 aromatic rings. The highest BCUT2D eigenvalue weighted by atomic mass is 15.5. The predicted octanol–water partition coefficient (Wildman–Crippen LogP) is 1.34. The molecule has 0 bridgehead atoms. The van der Waals surface area contributed by atoms with E-state index >= 15 is 0 Å². The van der Waals surface area contributed by atoms with Crippen molar-refractivity contribution in [2.45, 2.75) is 26.2 Å². The third-order valence-electron chi connectivity index (χ3n) is 2.51. The van der Waals surface area contributed by atoms with Gasteiger partial charge >= 0.3 is 0 Å². The van der Waals surface area contributed by atoms with Crippen LogP contribution in [0.15, 0.2) is 12.5 Å². The molecule has 4 nitrogen and oxygen atoms in total. The summed E-state index contributed by atoms with van der Waals surface area (Å²) in [5.74, 6) is 0. The predicted molar refractivity (Wildman–Crippen MR) is 62.4 cm³/mol. The van der Waals surface area contributed by atoms with Gasteiger partial charge in [0.25, 0.3) is 0 Å². The van der Waals surface area contributed by atoms with E-state index < -0.39 is 0 Å². The summed E-state index contributed by atoms with van der Waals surface area (Å²) >= 11 is 0. The second kappa shape index (κ2) is 6.58. The highest BCUT2D eigenvalue weighted by Crippen LogP contribution is 2.04. The Morgan fingerprint density at radius 1 is 1.27 bits per heavy atom. The third-order valence-corrected chi connectivity index (χ3v) is 2.51. The summed E-state index contributed by atoms with van der Waals surface area (Å²) in [5, 5.41) is 2.27. The van der Waals surface area contributed by atoms with Crippen molar-refractivity contribution in [2.75, 3.05) is 20.1 Å². The largest absolute Gasteiger partial charge is 0.340 e. The van der Waals surface area contributed by atoms with Crippen LogP contribution in [-0.4, -0.2) is 34.7 Å². The number of hydrogen-bond acceptors (Lipinski definition) is 3. The fourth-order valence-corrected chi connectivity index (χ4v) is 1.66. The maximum absolute atomic E-state index is 3.98. The van der Waals surface area contributed by atoms with E-state index in [0.717, 1.165) is 5.69 Å². The number of rotatable bonds is 1. The molecule has 0 aliphatic carbocycles. The van der Waals surface area contributed by atoms with Gasteiger partial charge in [0.15, 0.2) is 0 Å². The molecular formula is C11H22N4. The van der Waals surface area contributed by atoms with Gasteiger partial charge in [0.1, 0.15) is 0 Å². The van der Waals surface area contributed by atoms with E-state index in [2.05, 4.69) is 15.4 Å². The van der Waals surface area contributed by atoms with Crippen LogP contribution in [0.25, 0.3) is 0 Å². The maximum atomic E-state index is 3.98. The fourth-order valence-electron chi connectivity index (χ4n) is 1.66. The Labute approximate surface area is 92.3 Å². The first-order valence-corrected chi connectivity index (χ1v) is 5.59. The lowest BCUT2D eigenvalue weighted by Gasteiger charge is -2.24. The number of nitrogens with zero attached hydrogens (tertiary/aromatic N) is 3. The van der Waals surface area contributed by atoms with E-state index in [9.17, 15) is 0 Å². The van der Waals surface area contributed by atoms with E-state index in [-0.39, 0.29) is 0 Å². The molecule has 1 aliphatic rings. The van der Waals surface area contributed by atoms with Crippen LogP contribution < -0.4 is 5.43 Å². The van der Waals surface area contributed by atoms with E-state index in [1.807, 2.05) is 31.8 Å². The van der Waals surface area contributed by atoms with Crippen molar-refractivity contribution in [1.29, 1.82) is 0 Å². The molecule has 0 radical (unpaired) electrons. The molecule has 15 heavy (non-hydrogen) atoms. The Balaban J connectivity index is 0.000000151. The van der Waals surface area contributed by atoms with E-state index in [4.69, 9.17) is 0 Å². The molecule has 0 spiro atoms. The summed E-state index contributed by atoms with van der Waals surface area (Å²) in [7, 11) is 3.95. The van der Waals surface area contributed by atoms with E-state index in [1.54, 1.807) is 6.33 Å². The minimum Gasteiger partial charge on any atom is -0.340 e. The molecule has 1 aromatic heterocycles. The topological polar surface area (TPSA) is 33.1 Å². The van der Waals surface area contributed by atoms with Crippen LogP contribution in [0.1, 0.15) is 25.0 Å². The van der Waals surface area contributed by atoms with Crippen molar-refractivity contribution >= 4 is 0 Å². The van der Waals surface area contributed by atoms with E-state index in [0.29, 0.717) is 0 Å². The summed E-state index contributed by atoms with van der Waals surface area (Å²) in [6.45, 7) is 4.44. The molecular weight excluding hydrogens is 188 g/mol. The highest BCUT2D eigenvalue weighted by molar-refractivity contribution is 4.90. The van der Waals surface area contributed by atoms with Crippen molar-refractivity contribution in [3.05, 3.63) is 18.2 Å². The zero-order chi connectivity index (χ0) is 11.1. The van der Waals surface area contributed by atoms with Crippen LogP contribution in [0, 0.1) is 6.92 Å². The number of nitrogens with one attached hydrogen (secondary N) is 1. The highest BCUT2D eigenvalue weighted by Gasteiger charge is 2.05. The first kappa shape index (κ1) is 12.2. The van der Waals surface area contributed by atoms with Crippen molar-refractivity contribution in [3.8, 4) is 0 Å². The minimum absolute atomic E-state index is 1.07. The van der Waals surface area contributed by atoms with Crippen molar-refractivity contribution in [2.24, 2.45) is 7.05 Å². The first-order chi connectivity index (χ1) is 7.22. The van der Waals surface area contributed by atoms with Gasteiger partial charge in [0.2, 0.25) is 0 Å². The lowest BCUT2D eigenvalue weighted by Crippen LogP contribution is -2.38. The Morgan fingerprint density at radius 2 is 1.93 bits per heavy atom. The molecule has 2 heterocycles. The smallest absolute Gasteiger partial charge is 0.0946 e. The Morgan fingerprint density at radius 3 is 2.20 bits per heavy atom. The summed E-state index contributed by atoms with van der Waals surface area (Å²) in [6, 6.07) is 0. The molecule has 1 saturated heterocycles. The minimum atomic E-state index is 1.07. The standard InChI is InChI=1S/C6H14N2.C5H8N2/c1-7-8-5-3-2-4-6-8;1-5-3-7(2)4-6-5/h7H,2-6H2,1H3;3-4H,1-2H3. The van der Waals surface area contributed by atoms with Gasteiger partial charge in [-0.1, -0.05) is 6.42 Å². The summed E-state index contributed by atoms with van der Waals surface area (Å²) in [6.07, 6.45) is 7.90. The number of hydrazine groups is 1. The molecule has 1 N–H and O–H groups in total. The average molecular weight is 210 g/mol. The molecule has 0 aromatic carbocycles. The number of imidazole rings is 1. The SMILES string of the molecule is CNN1CCCCC1.Cc1cn(C)cn1. The molecule has 0 amide bonds. The Kier molecular flexibility index (Phi) is 5.36.